The zero-order valence-corrected chi connectivity index (χ0v) is 15.8. The van der Waals surface area contributed by atoms with Crippen molar-refractivity contribution in [3.8, 4) is 0 Å². The Balaban J connectivity index is 1.86. The normalized spacial score (nSPS) is 11.7. The summed E-state index contributed by atoms with van der Waals surface area (Å²) in [6, 6.07) is 24.6. The van der Waals surface area contributed by atoms with E-state index in [-0.39, 0.29) is 11.1 Å². The van der Waals surface area contributed by atoms with Gasteiger partial charge >= 0.3 is 5.63 Å². The largest absolute Gasteiger partial charge is 0.448 e. The van der Waals surface area contributed by atoms with Crippen LogP contribution >= 0.6 is 0 Å². The third-order valence-electron chi connectivity index (χ3n) is 5.53. The van der Waals surface area contributed by atoms with Crippen molar-refractivity contribution in [2.24, 2.45) is 0 Å². The molecule has 3 aromatic carbocycles. The molecule has 0 saturated heterocycles. The highest BCUT2D eigenvalue weighted by molar-refractivity contribution is 6.20. The molecule has 3 heterocycles. The molecule has 144 valence electrons. The molecule has 0 amide bonds. The van der Waals surface area contributed by atoms with E-state index in [0.29, 0.717) is 39.4 Å². The van der Waals surface area contributed by atoms with Crippen molar-refractivity contribution < 1.29 is 8.83 Å². The molecule has 0 aliphatic rings. The molecule has 5 nitrogen and oxygen atoms in total. The molecule has 0 N–H and O–H groups in total. The molecule has 6 aromatic rings. The lowest BCUT2D eigenvalue weighted by atomic mass is 10.1. The maximum absolute atomic E-state index is 13.8. The number of benzene rings is 3. The maximum atomic E-state index is 13.8. The molecule has 5 heteroatoms. The third-order valence-corrected chi connectivity index (χ3v) is 5.53. The van der Waals surface area contributed by atoms with Gasteiger partial charge in [-0.1, -0.05) is 60.7 Å². The van der Waals surface area contributed by atoms with Crippen molar-refractivity contribution in [1.82, 2.24) is 4.57 Å². The van der Waals surface area contributed by atoms with Gasteiger partial charge in [0.05, 0.1) is 22.8 Å². The van der Waals surface area contributed by atoms with Gasteiger partial charge in [0.25, 0.3) is 5.56 Å². The van der Waals surface area contributed by atoms with Crippen molar-refractivity contribution in [2.45, 2.75) is 6.54 Å². The number of nitrogens with zero attached hydrogens (tertiary/aromatic N) is 1. The van der Waals surface area contributed by atoms with Gasteiger partial charge in [-0.3, -0.25) is 4.79 Å². The average molecular weight is 393 g/mol. The SMILES string of the molecule is O=c1oc2c3ccccc3n(Cc3ccccc3)c(=O)c2c2c1oc1ccccc12. The lowest BCUT2D eigenvalue weighted by Gasteiger charge is -2.13. The Morgan fingerprint density at radius 2 is 1.37 bits per heavy atom. The van der Waals surface area contributed by atoms with E-state index in [1.54, 1.807) is 10.6 Å². The zero-order chi connectivity index (χ0) is 20.2. The summed E-state index contributed by atoms with van der Waals surface area (Å²) in [4.78, 5) is 26.5. The van der Waals surface area contributed by atoms with Gasteiger partial charge in [0.15, 0.2) is 5.58 Å². The van der Waals surface area contributed by atoms with Gasteiger partial charge in [-0.15, -0.1) is 0 Å². The molecule has 0 fully saturated rings. The minimum atomic E-state index is -0.584. The van der Waals surface area contributed by atoms with Crippen LogP contribution in [0.5, 0.6) is 0 Å². The second kappa shape index (κ2) is 6.19. The highest BCUT2D eigenvalue weighted by Gasteiger charge is 2.21. The number of rotatable bonds is 2. The van der Waals surface area contributed by atoms with E-state index in [1.807, 2.05) is 72.8 Å². The minimum Gasteiger partial charge on any atom is -0.448 e. The highest BCUT2D eigenvalue weighted by atomic mass is 16.4. The Labute approximate surface area is 169 Å². The van der Waals surface area contributed by atoms with Crippen LogP contribution in [0, 0.1) is 0 Å². The Morgan fingerprint density at radius 1 is 0.667 bits per heavy atom. The second-order valence-electron chi connectivity index (χ2n) is 7.29. The van der Waals surface area contributed by atoms with Gasteiger partial charge in [0.1, 0.15) is 5.58 Å². The molecule has 0 spiro atoms. The van der Waals surface area contributed by atoms with Crippen LogP contribution in [0.15, 0.2) is 97.3 Å². The van der Waals surface area contributed by atoms with Crippen molar-refractivity contribution >= 4 is 43.8 Å². The predicted octanol–water partition coefficient (Wildman–Crippen LogP) is 5.06. The Kier molecular flexibility index (Phi) is 3.47. The van der Waals surface area contributed by atoms with E-state index in [0.717, 1.165) is 10.9 Å². The summed E-state index contributed by atoms with van der Waals surface area (Å²) in [5.74, 6) is 0. The predicted molar refractivity (Wildman–Crippen MR) is 117 cm³/mol. The first-order valence-electron chi connectivity index (χ1n) is 9.66. The van der Waals surface area contributed by atoms with Crippen molar-refractivity contribution in [3.05, 3.63) is 105 Å². The Morgan fingerprint density at radius 3 is 2.20 bits per heavy atom. The van der Waals surface area contributed by atoms with Gasteiger partial charge in [-0.2, -0.15) is 0 Å². The number of aromatic nitrogens is 1. The summed E-state index contributed by atoms with van der Waals surface area (Å²) in [5, 5.41) is 2.31. The summed E-state index contributed by atoms with van der Waals surface area (Å²) in [5.41, 5.74) is 1.84. The van der Waals surface area contributed by atoms with Crippen molar-refractivity contribution in [2.75, 3.05) is 0 Å². The first kappa shape index (κ1) is 16.8. The molecule has 0 bridgehead atoms. The lowest BCUT2D eigenvalue weighted by molar-refractivity contribution is 0.545. The molecule has 3 aromatic heterocycles. The van der Waals surface area contributed by atoms with Gasteiger partial charge in [-0.25, -0.2) is 4.79 Å². The Hall–Kier alpha value is -4.12. The first-order chi connectivity index (χ1) is 14.7. The standard InChI is InChI=1S/C25H15NO4/c27-24-21-20-17-11-5-7-13-19(17)29-23(20)25(28)30-22(21)16-10-4-6-12-18(16)26(24)14-15-8-2-1-3-9-15/h1-13H,14H2. The molecule has 0 saturated carbocycles. The fourth-order valence-electron chi connectivity index (χ4n) is 4.20. The van der Waals surface area contributed by atoms with E-state index in [2.05, 4.69) is 0 Å². The number of hydrogen-bond acceptors (Lipinski definition) is 4. The lowest BCUT2D eigenvalue weighted by Crippen LogP contribution is -2.22. The highest BCUT2D eigenvalue weighted by Crippen LogP contribution is 2.33. The van der Waals surface area contributed by atoms with E-state index in [1.165, 1.54) is 0 Å². The third kappa shape index (κ3) is 2.29. The molecule has 30 heavy (non-hydrogen) atoms. The Bertz CT molecular complexity index is 1700. The van der Waals surface area contributed by atoms with Crippen LogP contribution in [-0.4, -0.2) is 4.57 Å². The van der Waals surface area contributed by atoms with Crippen LogP contribution in [0.25, 0.3) is 43.8 Å². The zero-order valence-electron chi connectivity index (χ0n) is 15.8. The number of para-hydroxylation sites is 2. The summed E-state index contributed by atoms with van der Waals surface area (Å²) < 4.78 is 13.1. The van der Waals surface area contributed by atoms with Crippen molar-refractivity contribution in [3.63, 3.8) is 0 Å². The van der Waals surface area contributed by atoms with Gasteiger partial charge in [0.2, 0.25) is 5.58 Å². The fourth-order valence-corrected chi connectivity index (χ4v) is 4.20. The molecule has 0 atom stereocenters. The summed E-state index contributed by atoms with van der Waals surface area (Å²) in [6.45, 7) is 0.409. The number of furan rings is 1. The maximum Gasteiger partial charge on any atom is 0.380 e. The van der Waals surface area contributed by atoms with Crippen LogP contribution in [0.1, 0.15) is 5.56 Å². The quantitative estimate of drug-likeness (QED) is 0.386. The summed E-state index contributed by atoms with van der Waals surface area (Å²) >= 11 is 0. The average Bonchev–Trinajstić information content (AvgIpc) is 3.18. The number of pyridine rings is 1. The van der Waals surface area contributed by atoms with Crippen LogP contribution in [-0.2, 0) is 6.54 Å². The molecule has 0 unspecified atom stereocenters. The smallest absolute Gasteiger partial charge is 0.380 e. The topological polar surface area (TPSA) is 65.3 Å². The monoisotopic (exact) mass is 393 g/mol. The van der Waals surface area contributed by atoms with Crippen LogP contribution in [0.4, 0.5) is 0 Å². The number of hydrogen-bond donors (Lipinski definition) is 0. The van der Waals surface area contributed by atoms with Crippen LogP contribution in [0.3, 0.4) is 0 Å². The number of fused-ring (bicyclic) bond motifs is 7. The van der Waals surface area contributed by atoms with Crippen molar-refractivity contribution in [1.29, 1.82) is 0 Å². The van der Waals surface area contributed by atoms with E-state index < -0.39 is 5.63 Å². The van der Waals surface area contributed by atoms with E-state index >= 15 is 0 Å². The van der Waals surface area contributed by atoms with E-state index in [4.69, 9.17) is 8.83 Å². The summed E-state index contributed by atoms with van der Waals surface area (Å²) in [7, 11) is 0. The molecular weight excluding hydrogens is 378 g/mol. The first-order valence-corrected chi connectivity index (χ1v) is 9.66. The molecule has 0 radical (unpaired) electrons. The molecule has 0 aliphatic carbocycles. The fraction of sp³-hybridized carbons (Fsp3) is 0.0400. The van der Waals surface area contributed by atoms with Gasteiger partial charge in [-0.05, 0) is 23.8 Å². The van der Waals surface area contributed by atoms with Gasteiger partial charge < -0.3 is 13.4 Å². The van der Waals surface area contributed by atoms with Gasteiger partial charge in [0, 0.05) is 10.8 Å². The molecule has 6 rings (SSSR count). The van der Waals surface area contributed by atoms with E-state index in [9.17, 15) is 9.59 Å². The van der Waals surface area contributed by atoms with Crippen LogP contribution < -0.4 is 11.2 Å². The van der Waals surface area contributed by atoms with Crippen LogP contribution in [0.2, 0.25) is 0 Å². The second-order valence-corrected chi connectivity index (χ2v) is 7.29. The minimum absolute atomic E-state index is 0.0716. The molecular formula is C25H15NO4. The molecule has 0 aliphatic heterocycles. The summed E-state index contributed by atoms with van der Waals surface area (Å²) in [6.07, 6.45) is 0.